The fourth-order valence-corrected chi connectivity index (χ4v) is 5.28. The summed E-state index contributed by atoms with van der Waals surface area (Å²) in [6.07, 6.45) is 0. The van der Waals surface area contributed by atoms with Gasteiger partial charge in [-0.2, -0.15) is 5.26 Å². The van der Waals surface area contributed by atoms with Crippen LogP contribution in [0.25, 0.3) is 10.8 Å². The van der Waals surface area contributed by atoms with Gasteiger partial charge in [-0.25, -0.2) is 4.99 Å². The van der Waals surface area contributed by atoms with Crippen LogP contribution in [0.3, 0.4) is 0 Å². The number of amidine groups is 1. The van der Waals surface area contributed by atoms with Crippen molar-refractivity contribution in [2.24, 2.45) is 10.7 Å². The summed E-state index contributed by atoms with van der Waals surface area (Å²) >= 11 is 1.20. The molecule has 3 N–H and O–H groups in total. The number of rotatable bonds is 4. The number of hydrogen-bond donors (Lipinski definition) is 2. The van der Waals surface area contributed by atoms with Gasteiger partial charge in [0.2, 0.25) is 0 Å². The van der Waals surface area contributed by atoms with E-state index in [2.05, 4.69) is 16.4 Å². The van der Waals surface area contributed by atoms with E-state index in [1.165, 1.54) is 11.8 Å². The van der Waals surface area contributed by atoms with E-state index in [0.717, 1.165) is 16.3 Å². The number of ether oxygens (including phenoxy) is 1. The molecule has 0 saturated heterocycles. The lowest BCUT2D eigenvalue weighted by Gasteiger charge is -2.36. The standard InChI is InChI=1S/C26H21N5O2S/c1-15-21(25(32)30-17-9-4-3-5-10-17)23(31-24(28)20(14-27)34-26(31)29-15)22-18-11-7-6-8-16(18)12-13-19(22)33-2/h3-13,23H,28H2,1-2H3,(H,30,32)/t23-/m1/s1. The Labute approximate surface area is 201 Å². The van der Waals surface area contributed by atoms with Crippen molar-refractivity contribution < 1.29 is 9.53 Å². The topological polar surface area (TPSA) is 104 Å². The second-order valence-electron chi connectivity index (χ2n) is 7.82. The number of anilines is 1. The number of carbonyl (C=O) groups is 1. The zero-order chi connectivity index (χ0) is 23.8. The molecule has 5 rings (SSSR count). The first-order valence-electron chi connectivity index (χ1n) is 10.6. The summed E-state index contributed by atoms with van der Waals surface area (Å²) in [5.74, 6) is 0.587. The van der Waals surface area contributed by atoms with Crippen molar-refractivity contribution in [1.82, 2.24) is 4.90 Å². The molecule has 2 aliphatic heterocycles. The molecule has 0 saturated carbocycles. The van der Waals surface area contributed by atoms with Gasteiger partial charge in [0.1, 0.15) is 22.5 Å². The lowest BCUT2D eigenvalue weighted by Crippen LogP contribution is -2.39. The molecule has 1 atom stereocenters. The third kappa shape index (κ3) is 3.47. The Morgan fingerprint density at radius 3 is 2.62 bits per heavy atom. The van der Waals surface area contributed by atoms with Crippen molar-refractivity contribution in [3.8, 4) is 11.8 Å². The molecule has 2 heterocycles. The molecule has 0 bridgehead atoms. The van der Waals surface area contributed by atoms with Gasteiger partial charge in [0.05, 0.1) is 24.4 Å². The van der Waals surface area contributed by atoms with Gasteiger partial charge in [0.25, 0.3) is 5.91 Å². The minimum atomic E-state index is -0.643. The molecule has 1 amide bonds. The Kier molecular flexibility index (Phi) is 5.48. The number of nitriles is 1. The van der Waals surface area contributed by atoms with Crippen LogP contribution in [-0.2, 0) is 4.79 Å². The average Bonchev–Trinajstić information content (AvgIpc) is 3.17. The molecule has 0 fully saturated rings. The van der Waals surface area contributed by atoms with E-state index in [1.807, 2.05) is 66.7 Å². The van der Waals surface area contributed by atoms with Gasteiger partial charge >= 0.3 is 0 Å². The Balaban J connectivity index is 1.76. The highest BCUT2D eigenvalue weighted by atomic mass is 32.2. The van der Waals surface area contributed by atoms with Gasteiger partial charge in [0.15, 0.2) is 5.17 Å². The minimum Gasteiger partial charge on any atom is -0.496 e. The van der Waals surface area contributed by atoms with E-state index < -0.39 is 6.04 Å². The first-order chi connectivity index (χ1) is 16.5. The summed E-state index contributed by atoms with van der Waals surface area (Å²) < 4.78 is 5.78. The highest BCUT2D eigenvalue weighted by Crippen LogP contribution is 2.49. The predicted molar refractivity (Wildman–Crippen MR) is 135 cm³/mol. The van der Waals surface area contributed by atoms with Gasteiger partial charge < -0.3 is 15.8 Å². The fraction of sp³-hybridized carbons (Fsp3) is 0.115. The monoisotopic (exact) mass is 467 g/mol. The number of methoxy groups -OCH3 is 1. The van der Waals surface area contributed by atoms with E-state index in [4.69, 9.17) is 10.5 Å². The normalized spacial score (nSPS) is 17.4. The zero-order valence-electron chi connectivity index (χ0n) is 18.6. The highest BCUT2D eigenvalue weighted by Gasteiger charge is 2.43. The zero-order valence-corrected chi connectivity index (χ0v) is 19.4. The molecule has 168 valence electrons. The van der Waals surface area contributed by atoms with Crippen molar-refractivity contribution >= 4 is 39.3 Å². The molecule has 8 heteroatoms. The second-order valence-corrected chi connectivity index (χ2v) is 8.79. The predicted octanol–water partition coefficient (Wildman–Crippen LogP) is 4.87. The number of hydrogen-bond acceptors (Lipinski definition) is 7. The molecule has 0 unspecified atom stereocenters. The van der Waals surface area contributed by atoms with E-state index in [0.29, 0.717) is 32.8 Å². The maximum absolute atomic E-state index is 13.7. The Morgan fingerprint density at radius 1 is 1.15 bits per heavy atom. The molecule has 7 nitrogen and oxygen atoms in total. The molecule has 0 spiro atoms. The van der Waals surface area contributed by atoms with Crippen molar-refractivity contribution in [3.05, 3.63) is 94.3 Å². The number of para-hydroxylation sites is 1. The van der Waals surface area contributed by atoms with Gasteiger partial charge in [-0.15, -0.1) is 0 Å². The number of benzene rings is 3. The quantitative estimate of drug-likeness (QED) is 0.567. The maximum Gasteiger partial charge on any atom is 0.255 e. The number of nitrogens with zero attached hydrogens (tertiary/aromatic N) is 3. The summed E-state index contributed by atoms with van der Waals surface area (Å²) in [6.45, 7) is 1.80. The van der Waals surface area contributed by atoms with E-state index in [-0.39, 0.29) is 11.7 Å². The summed E-state index contributed by atoms with van der Waals surface area (Å²) in [5, 5.41) is 15.1. The minimum absolute atomic E-state index is 0.267. The van der Waals surface area contributed by atoms with Gasteiger partial charge in [-0.1, -0.05) is 48.5 Å². The molecule has 0 radical (unpaired) electrons. The van der Waals surface area contributed by atoms with Crippen LogP contribution >= 0.6 is 11.8 Å². The lowest BCUT2D eigenvalue weighted by atomic mass is 9.89. The summed E-state index contributed by atoms with van der Waals surface area (Å²) in [4.78, 5) is 20.5. The second kappa shape index (κ2) is 8.61. The number of amides is 1. The van der Waals surface area contributed by atoms with Gasteiger partial charge in [-0.3, -0.25) is 9.69 Å². The lowest BCUT2D eigenvalue weighted by molar-refractivity contribution is -0.113. The van der Waals surface area contributed by atoms with Crippen LogP contribution in [0.5, 0.6) is 5.75 Å². The largest absolute Gasteiger partial charge is 0.496 e. The van der Waals surface area contributed by atoms with Crippen molar-refractivity contribution in [2.45, 2.75) is 13.0 Å². The summed E-state index contributed by atoms with van der Waals surface area (Å²) in [6, 6.07) is 22.5. The first-order valence-corrected chi connectivity index (χ1v) is 11.4. The SMILES string of the molecule is COc1ccc2ccccc2c1[C@H]1C(C(=O)Nc2ccccc2)=C(C)N=C2SC(C#N)=C(N)N21. The van der Waals surface area contributed by atoms with Crippen LogP contribution in [0.4, 0.5) is 5.69 Å². The molecule has 2 aliphatic rings. The highest BCUT2D eigenvalue weighted by molar-refractivity contribution is 8.17. The average molecular weight is 468 g/mol. The number of allylic oxidation sites excluding steroid dienone is 2. The maximum atomic E-state index is 13.7. The fourth-order valence-electron chi connectivity index (χ4n) is 4.36. The Hall–Kier alpha value is -4.22. The molecule has 34 heavy (non-hydrogen) atoms. The molecular formula is C26H21N5O2S. The van der Waals surface area contributed by atoms with Crippen LogP contribution in [0, 0.1) is 11.3 Å². The van der Waals surface area contributed by atoms with Crippen LogP contribution in [0.15, 0.2) is 93.7 Å². The van der Waals surface area contributed by atoms with Gasteiger partial charge in [-0.05, 0) is 47.7 Å². The smallest absolute Gasteiger partial charge is 0.255 e. The van der Waals surface area contributed by atoms with Crippen LogP contribution in [0.1, 0.15) is 18.5 Å². The summed E-state index contributed by atoms with van der Waals surface area (Å²) in [7, 11) is 1.60. The van der Waals surface area contributed by atoms with Gasteiger partial charge in [0, 0.05) is 11.3 Å². The molecular weight excluding hydrogens is 446 g/mol. The third-order valence-corrected chi connectivity index (χ3v) is 6.85. The van der Waals surface area contributed by atoms with Crippen molar-refractivity contribution in [1.29, 1.82) is 5.26 Å². The van der Waals surface area contributed by atoms with Crippen LogP contribution in [-0.4, -0.2) is 23.1 Å². The van der Waals surface area contributed by atoms with E-state index in [9.17, 15) is 10.1 Å². The number of aliphatic imine (C=N–C) groups is 1. The number of fused-ring (bicyclic) bond motifs is 2. The molecule has 3 aromatic carbocycles. The van der Waals surface area contributed by atoms with Crippen LogP contribution < -0.4 is 15.8 Å². The molecule has 0 aliphatic carbocycles. The Morgan fingerprint density at radius 2 is 1.88 bits per heavy atom. The van der Waals surface area contributed by atoms with Crippen molar-refractivity contribution in [2.75, 3.05) is 12.4 Å². The Bertz CT molecular complexity index is 1450. The number of thioether (sulfide) groups is 1. The number of nitrogens with one attached hydrogen (secondary N) is 1. The summed E-state index contributed by atoms with van der Waals surface area (Å²) in [5.41, 5.74) is 8.90. The molecule has 3 aromatic rings. The first kappa shape index (κ1) is 21.6. The van der Waals surface area contributed by atoms with Crippen molar-refractivity contribution in [3.63, 3.8) is 0 Å². The van der Waals surface area contributed by atoms with E-state index >= 15 is 0 Å². The number of nitrogens with two attached hydrogens (primary N) is 1. The third-order valence-electron chi connectivity index (χ3n) is 5.88. The number of carbonyl (C=O) groups excluding carboxylic acids is 1. The van der Waals surface area contributed by atoms with E-state index in [1.54, 1.807) is 18.9 Å². The molecule has 0 aromatic heterocycles. The van der Waals surface area contributed by atoms with Crippen LogP contribution in [0.2, 0.25) is 0 Å².